The molecule has 0 aliphatic heterocycles. The third-order valence-corrected chi connectivity index (χ3v) is 3.64. The molecule has 0 fully saturated rings. The molecule has 0 aliphatic carbocycles. The predicted octanol–water partition coefficient (Wildman–Crippen LogP) is 5.26. The molecule has 20 heavy (non-hydrogen) atoms. The van der Waals surface area contributed by atoms with Crippen LogP contribution in [0.5, 0.6) is 0 Å². The second-order valence-corrected chi connectivity index (χ2v) is 6.94. The van der Waals surface area contributed by atoms with E-state index in [1.165, 1.54) is 6.07 Å². The summed E-state index contributed by atoms with van der Waals surface area (Å²) in [6.45, 7) is 9.35. The van der Waals surface area contributed by atoms with E-state index in [-0.39, 0.29) is 11.2 Å². The summed E-state index contributed by atoms with van der Waals surface area (Å²) in [5, 5.41) is 4.14. The number of nitrogens with zero attached hydrogens (tertiary/aromatic N) is 1. The van der Waals surface area contributed by atoms with Gasteiger partial charge < -0.3 is 5.32 Å². The van der Waals surface area contributed by atoms with Gasteiger partial charge in [0, 0.05) is 22.0 Å². The highest BCUT2D eigenvalue weighted by atomic mass is 79.9. The van der Waals surface area contributed by atoms with E-state index in [0.717, 1.165) is 34.2 Å². The Kier molecular flexibility index (Phi) is 4.33. The van der Waals surface area contributed by atoms with Crippen LogP contribution in [-0.4, -0.2) is 11.5 Å². The highest BCUT2D eigenvalue weighted by Crippen LogP contribution is 2.33. The number of hydrogen-bond donors (Lipinski definition) is 1. The summed E-state index contributed by atoms with van der Waals surface area (Å²) in [5.41, 5.74) is 1.48. The minimum Gasteiger partial charge on any atom is -0.370 e. The summed E-state index contributed by atoms with van der Waals surface area (Å²) < 4.78 is 14.8. The van der Waals surface area contributed by atoms with Crippen molar-refractivity contribution in [3.8, 4) is 0 Å². The lowest BCUT2D eigenvalue weighted by molar-refractivity contribution is 0.589. The van der Waals surface area contributed by atoms with Gasteiger partial charge in [-0.3, -0.25) is 0 Å². The number of benzene rings is 1. The normalized spacial score (nSPS) is 11.9. The highest BCUT2D eigenvalue weighted by molar-refractivity contribution is 9.10. The fourth-order valence-corrected chi connectivity index (χ4v) is 2.61. The average molecular weight is 339 g/mol. The van der Waals surface area contributed by atoms with Gasteiger partial charge in [0.25, 0.3) is 0 Å². The van der Waals surface area contributed by atoms with Crippen molar-refractivity contribution >= 4 is 32.7 Å². The van der Waals surface area contributed by atoms with Crippen molar-refractivity contribution in [2.45, 2.75) is 39.5 Å². The number of rotatable bonds is 3. The van der Waals surface area contributed by atoms with Crippen LogP contribution in [0, 0.1) is 5.82 Å². The molecule has 1 heterocycles. The summed E-state index contributed by atoms with van der Waals surface area (Å²) in [5.74, 6) is 0.488. The van der Waals surface area contributed by atoms with Crippen molar-refractivity contribution < 1.29 is 4.39 Å². The second-order valence-electron chi connectivity index (χ2n) is 6.02. The molecule has 4 heteroatoms. The summed E-state index contributed by atoms with van der Waals surface area (Å²) in [6.07, 6.45) is 1.01. The second kappa shape index (κ2) is 5.68. The van der Waals surface area contributed by atoms with Crippen LogP contribution >= 0.6 is 15.9 Å². The first kappa shape index (κ1) is 15.2. The molecule has 0 saturated heterocycles. The number of hydrogen-bond acceptors (Lipinski definition) is 2. The standard InChI is InChI=1S/C16H20BrFN2/c1-5-6-19-15-12(16(2,3)4)8-10-7-11(17)9-13(18)14(10)20-15/h7-9H,5-6H2,1-4H3,(H,19,20). The Bertz CT molecular complexity index is 632. The maximum atomic E-state index is 14.1. The number of aromatic nitrogens is 1. The van der Waals surface area contributed by atoms with Crippen molar-refractivity contribution in [2.24, 2.45) is 0 Å². The van der Waals surface area contributed by atoms with Crippen LogP contribution in [0.15, 0.2) is 22.7 Å². The number of nitrogens with one attached hydrogen (secondary N) is 1. The van der Waals surface area contributed by atoms with Gasteiger partial charge in [0.05, 0.1) is 0 Å². The van der Waals surface area contributed by atoms with Crippen molar-refractivity contribution in [1.82, 2.24) is 4.98 Å². The number of halogens is 2. The molecule has 1 aromatic heterocycles. The first-order valence-electron chi connectivity index (χ1n) is 6.87. The Morgan fingerprint density at radius 1 is 1.25 bits per heavy atom. The molecule has 108 valence electrons. The van der Waals surface area contributed by atoms with E-state index in [9.17, 15) is 4.39 Å². The quantitative estimate of drug-likeness (QED) is 0.825. The van der Waals surface area contributed by atoms with Crippen molar-refractivity contribution in [2.75, 3.05) is 11.9 Å². The summed E-state index contributed by atoms with van der Waals surface area (Å²) in [4.78, 5) is 4.51. The maximum absolute atomic E-state index is 14.1. The van der Waals surface area contributed by atoms with E-state index in [1.54, 1.807) is 0 Å². The Labute approximate surface area is 127 Å². The summed E-state index contributed by atoms with van der Waals surface area (Å²) in [7, 11) is 0. The maximum Gasteiger partial charge on any atom is 0.150 e. The van der Waals surface area contributed by atoms with Crippen molar-refractivity contribution in [3.05, 3.63) is 34.1 Å². The number of anilines is 1. The van der Waals surface area contributed by atoms with Gasteiger partial charge in [0.15, 0.2) is 5.82 Å². The molecule has 2 rings (SSSR count). The Morgan fingerprint density at radius 2 is 1.95 bits per heavy atom. The average Bonchev–Trinajstić information content (AvgIpc) is 2.34. The zero-order valence-corrected chi connectivity index (χ0v) is 13.9. The third kappa shape index (κ3) is 3.11. The molecule has 0 saturated carbocycles. The first-order valence-corrected chi connectivity index (χ1v) is 7.66. The van der Waals surface area contributed by atoms with E-state index >= 15 is 0 Å². The molecular weight excluding hydrogens is 319 g/mol. The van der Waals surface area contributed by atoms with E-state index in [2.05, 4.69) is 53.9 Å². The van der Waals surface area contributed by atoms with Gasteiger partial charge in [-0.05, 0) is 30.0 Å². The molecule has 0 bridgehead atoms. The van der Waals surface area contributed by atoms with Gasteiger partial charge in [-0.2, -0.15) is 0 Å². The minimum absolute atomic E-state index is 0.0456. The summed E-state index contributed by atoms with van der Waals surface area (Å²) in [6, 6.07) is 5.40. The fourth-order valence-electron chi connectivity index (χ4n) is 2.16. The van der Waals surface area contributed by atoms with Gasteiger partial charge >= 0.3 is 0 Å². The van der Waals surface area contributed by atoms with Gasteiger partial charge in [0.2, 0.25) is 0 Å². The van der Waals surface area contributed by atoms with Crippen LogP contribution in [0.1, 0.15) is 39.7 Å². The molecule has 0 spiro atoms. The minimum atomic E-state index is -0.297. The number of fused-ring (bicyclic) bond motifs is 1. The zero-order chi connectivity index (χ0) is 14.9. The molecular formula is C16H20BrFN2. The smallest absolute Gasteiger partial charge is 0.150 e. The van der Waals surface area contributed by atoms with Crippen LogP contribution in [0.3, 0.4) is 0 Å². The highest BCUT2D eigenvalue weighted by Gasteiger charge is 2.21. The van der Waals surface area contributed by atoms with Crippen molar-refractivity contribution in [1.29, 1.82) is 0 Å². The van der Waals surface area contributed by atoms with E-state index in [0.29, 0.717) is 5.52 Å². The van der Waals surface area contributed by atoms with Crippen LogP contribution in [0.2, 0.25) is 0 Å². The summed E-state index contributed by atoms with van der Waals surface area (Å²) >= 11 is 3.34. The van der Waals surface area contributed by atoms with Crippen LogP contribution in [0.4, 0.5) is 10.2 Å². The lowest BCUT2D eigenvalue weighted by Gasteiger charge is -2.23. The Balaban J connectivity index is 2.68. The molecule has 0 unspecified atom stereocenters. The lowest BCUT2D eigenvalue weighted by Crippen LogP contribution is -2.17. The van der Waals surface area contributed by atoms with Gasteiger partial charge in [0.1, 0.15) is 11.3 Å². The van der Waals surface area contributed by atoms with Gasteiger partial charge in [-0.25, -0.2) is 9.37 Å². The van der Waals surface area contributed by atoms with E-state index in [4.69, 9.17) is 0 Å². The Morgan fingerprint density at radius 3 is 2.55 bits per heavy atom. The Hall–Kier alpha value is -1.16. The zero-order valence-electron chi connectivity index (χ0n) is 12.3. The molecule has 0 aliphatic rings. The van der Waals surface area contributed by atoms with Crippen LogP contribution in [0.25, 0.3) is 10.9 Å². The molecule has 1 aromatic carbocycles. The molecule has 1 N–H and O–H groups in total. The van der Waals surface area contributed by atoms with E-state index in [1.807, 2.05) is 12.1 Å². The fraction of sp³-hybridized carbons (Fsp3) is 0.438. The van der Waals surface area contributed by atoms with Gasteiger partial charge in [-0.15, -0.1) is 0 Å². The molecule has 2 aromatic rings. The molecule has 2 nitrogen and oxygen atoms in total. The lowest BCUT2D eigenvalue weighted by atomic mass is 9.86. The monoisotopic (exact) mass is 338 g/mol. The topological polar surface area (TPSA) is 24.9 Å². The first-order chi connectivity index (χ1) is 9.32. The number of pyridine rings is 1. The van der Waals surface area contributed by atoms with Crippen LogP contribution < -0.4 is 5.32 Å². The van der Waals surface area contributed by atoms with Crippen molar-refractivity contribution in [3.63, 3.8) is 0 Å². The molecule has 0 radical (unpaired) electrons. The SMILES string of the molecule is CCCNc1nc2c(F)cc(Br)cc2cc1C(C)(C)C. The predicted molar refractivity (Wildman–Crippen MR) is 86.9 cm³/mol. The van der Waals surface area contributed by atoms with Gasteiger partial charge in [-0.1, -0.05) is 43.6 Å². The molecule has 0 amide bonds. The van der Waals surface area contributed by atoms with E-state index < -0.39 is 0 Å². The third-order valence-electron chi connectivity index (χ3n) is 3.19. The largest absolute Gasteiger partial charge is 0.370 e. The molecule has 0 atom stereocenters. The van der Waals surface area contributed by atoms with Crippen LogP contribution in [-0.2, 0) is 5.41 Å².